The summed E-state index contributed by atoms with van der Waals surface area (Å²) in [5, 5.41) is 21.0. The zero-order valence-corrected chi connectivity index (χ0v) is 15.4. The van der Waals surface area contributed by atoms with Crippen LogP contribution in [0.15, 0.2) is 35.1 Å². The van der Waals surface area contributed by atoms with E-state index >= 15 is 0 Å². The van der Waals surface area contributed by atoms with E-state index in [9.17, 15) is 29.4 Å². The number of thioether (sulfide) groups is 1. The molecule has 10 nitrogen and oxygen atoms in total. The largest absolute Gasteiger partial charge is 0.476 e. The van der Waals surface area contributed by atoms with Crippen LogP contribution in [0.1, 0.15) is 17.3 Å². The van der Waals surface area contributed by atoms with Gasteiger partial charge in [-0.15, -0.1) is 0 Å². The van der Waals surface area contributed by atoms with Crippen molar-refractivity contribution in [2.75, 3.05) is 6.54 Å². The Balaban J connectivity index is 1.74. The number of carboxylic acids is 1. The van der Waals surface area contributed by atoms with Gasteiger partial charge < -0.3 is 26.0 Å². The molecule has 1 saturated heterocycles. The van der Waals surface area contributed by atoms with Crippen molar-refractivity contribution in [2.45, 2.75) is 18.4 Å². The Morgan fingerprint density at radius 1 is 1.32 bits per heavy atom. The summed E-state index contributed by atoms with van der Waals surface area (Å²) in [4.78, 5) is 47.4. The minimum absolute atomic E-state index is 0.0277. The summed E-state index contributed by atoms with van der Waals surface area (Å²) in [6, 6.07) is 5.78. The maximum atomic E-state index is 12.1. The number of fused-ring (bicyclic) bond motifs is 1. The lowest BCUT2D eigenvalue weighted by Gasteiger charge is -2.43. The van der Waals surface area contributed by atoms with E-state index in [2.05, 4.69) is 5.32 Å². The summed E-state index contributed by atoms with van der Waals surface area (Å²) >= 11 is 1.04. The number of aliphatic carboxylic acids is 1. The van der Waals surface area contributed by atoms with Crippen molar-refractivity contribution in [2.24, 2.45) is 11.7 Å². The summed E-state index contributed by atoms with van der Waals surface area (Å²) in [5.74, 6) is -3.39. The number of nitrogens with two attached hydrogens (primary N) is 1. The highest BCUT2D eigenvalue weighted by Crippen LogP contribution is 2.50. The molecule has 5 N–H and O–H groups in total. The SMILES string of the molecule is C[C@@H](O)[C@H]1C(=O)N2C(C(=O)O)=C(Oc3ccc(C(=O)NCC(N)=O)cc3)S[C@H]12. The van der Waals surface area contributed by atoms with E-state index in [-0.39, 0.29) is 28.6 Å². The van der Waals surface area contributed by atoms with Crippen LogP contribution in [-0.4, -0.2) is 56.8 Å². The van der Waals surface area contributed by atoms with Gasteiger partial charge in [-0.25, -0.2) is 4.79 Å². The molecule has 1 aromatic rings. The smallest absolute Gasteiger partial charge is 0.357 e. The number of hydrogen-bond donors (Lipinski definition) is 4. The molecule has 11 heteroatoms. The van der Waals surface area contributed by atoms with E-state index in [4.69, 9.17) is 10.5 Å². The highest BCUT2D eigenvalue weighted by atomic mass is 32.2. The lowest BCUT2D eigenvalue weighted by atomic mass is 9.92. The van der Waals surface area contributed by atoms with Gasteiger partial charge in [0, 0.05) is 5.56 Å². The molecule has 0 aliphatic carbocycles. The van der Waals surface area contributed by atoms with Gasteiger partial charge in [-0.2, -0.15) is 0 Å². The third kappa shape index (κ3) is 3.53. The Kier molecular flexibility index (Phi) is 5.29. The van der Waals surface area contributed by atoms with Gasteiger partial charge in [0.2, 0.25) is 11.8 Å². The molecule has 2 aliphatic rings. The molecule has 0 aromatic heterocycles. The Bertz CT molecular complexity index is 881. The van der Waals surface area contributed by atoms with E-state index in [1.54, 1.807) is 0 Å². The van der Waals surface area contributed by atoms with Crippen molar-refractivity contribution in [3.05, 3.63) is 40.6 Å². The van der Waals surface area contributed by atoms with Crippen LogP contribution in [0.3, 0.4) is 0 Å². The predicted octanol–water partition coefficient (Wildman–Crippen LogP) is -0.554. The lowest BCUT2D eigenvalue weighted by Crippen LogP contribution is -2.60. The number of carboxylic acid groups (broad SMARTS) is 1. The molecule has 0 unspecified atom stereocenters. The van der Waals surface area contributed by atoms with Crippen LogP contribution in [0.2, 0.25) is 0 Å². The molecule has 0 spiro atoms. The zero-order chi connectivity index (χ0) is 20.6. The summed E-state index contributed by atoms with van der Waals surface area (Å²) in [7, 11) is 0. The van der Waals surface area contributed by atoms with Crippen LogP contribution >= 0.6 is 11.8 Å². The van der Waals surface area contributed by atoms with Gasteiger partial charge in [0.15, 0.2) is 10.8 Å². The normalized spacial score (nSPS) is 21.6. The summed E-state index contributed by atoms with van der Waals surface area (Å²) in [5.41, 5.74) is 4.94. The first-order valence-corrected chi connectivity index (χ1v) is 9.08. The number of aliphatic hydroxyl groups is 1. The fourth-order valence-corrected chi connectivity index (χ4v) is 4.34. The maximum Gasteiger partial charge on any atom is 0.357 e. The standard InChI is InChI=1S/C17H17N3O7S/c1-7(21)11-14(24)20-12(16(25)26)17(28-15(11)20)27-9-4-2-8(3-5-9)13(23)19-6-10(18)22/h2-5,7,11,15,21H,6H2,1H3,(H2,18,22)(H,19,23)(H,25,26)/t7-,11+,15-/m1/s1. The topological polar surface area (TPSA) is 159 Å². The molecule has 2 aliphatic heterocycles. The molecule has 3 atom stereocenters. The molecule has 3 rings (SSSR count). The second-order valence-electron chi connectivity index (χ2n) is 6.20. The first-order chi connectivity index (χ1) is 13.2. The highest BCUT2D eigenvalue weighted by Gasteiger charge is 2.58. The fourth-order valence-electron chi connectivity index (χ4n) is 2.87. The number of aliphatic hydroxyl groups excluding tert-OH is 1. The van der Waals surface area contributed by atoms with E-state index in [0.29, 0.717) is 0 Å². The van der Waals surface area contributed by atoms with Crippen LogP contribution in [0.4, 0.5) is 0 Å². The summed E-state index contributed by atoms with van der Waals surface area (Å²) < 4.78 is 5.62. The number of benzene rings is 1. The highest BCUT2D eigenvalue weighted by molar-refractivity contribution is 8.03. The zero-order valence-electron chi connectivity index (χ0n) is 14.6. The Morgan fingerprint density at radius 3 is 2.50 bits per heavy atom. The Hall–Kier alpha value is -3.05. The van der Waals surface area contributed by atoms with Gasteiger partial charge in [-0.3, -0.25) is 19.3 Å². The van der Waals surface area contributed by atoms with Crippen LogP contribution in [0.5, 0.6) is 5.75 Å². The third-order valence-corrected chi connectivity index (χ3v) is 5.46. The van der Waals surface area contributed by atoms with Gasteiger partial charge in [-0.1, -0.05) is 11.8 Å². The van der Waals surface area contributed by atoms with Gasteiger partial charge in [0.25, 0.3) is 5.91 Å². The molecule has 0 saturated carbocycles. The first-order valence-electron chi connectivity index (χ1n) is 8.20. The number of rotatable bonds is 7. The molecular formula is C17H17N3O7S. The second-order valence-corrected chi connectivity index (χ2v) is 7.29. The van der Waals surface area contributed by atoms with E-state index in [1.165, 1.54) is 31.2 Å². The van der Waals surface area contributed by atoms with Gasteiger partial charge in [-0.05, 0) is 31.2 Å². The van der Waals surface area contributed by atoms with Crippen LogP contribution in [0, 0.1) is 5.92 Å². The van der Waals surface area contributed by atoms with E-state index in [0.717, 1.165) is 16.7 Å². The number of β-lactam (4-membered cyclic amide) rings is 1. The number of primary amides is 1. The molecular weight excluding hydrogens is 390 g/mol. The fraction of sp³-hybridized carbons (Fsp3) is 0.294. The van der Waals surface area contributed by atoms with E-state index < -0.39 is 41.1 Å². The van der Waals surface area contributed by atoms with Crippen molar-refractivity contribution in [3.8, 4) is 5.75 Å². The summed E-state index contributed by atoms with van der Waals surface area (Å²) in [6.45, 7) is 1.18. The predicted molar refractivity (Wildman–Crippen MR) is 96.7 cm³/mol. The Morgan fingerprint density at radius 2 is 1.96 bits per heavy atom. The van der Waals surface area contributed by atoms with Crippen LogP contribution in [-0.2, 0) is 14.4 Å². The monoisotopic (exact) mass is 407 g/mol. The number of hydrogen-bond acceptors (Lipinski definition) is 7. The second kappa shape index (κ2) is 7.52. The van der Waals surface area contributed by atoms with Crippen molar-refractivity contribution >= 4 is 35.5 Å². The van der Waals surface area contributed by atoms with Gasteiger partial charge >= 0.3 is 5.97 Å². The number of nitrogens with zero attached hydrogens (tertiary/aromatic N) is 1. The van der Waals surface area contributed by atoms with Crippen LogP contribution in [0.25, 0.3) is 0 Å². The molecule has 1 aromatic carbocycles. The van der Waals surface area contributed by atoms with Crippen molar-refractivity contribution < 1.29 is 34.1 Å². The maximum absolute atomic E-state index is 12.1. The number of ether oxygens (including phenoxy) is 1. The molecule has 1 fully saturated rings. The van der Waals surface area contributed by atoms with E-state index in [1.807, 2.05) is 0 Å². The molecule has 148 valence electrons. The molecule has 0 bridgehead atoms. The summed E-state index contributed by atoms with van der Waals surface area (Å²) in [6.07, 6.45) is -0.908. The van der Waals surface area contributed by atoms with Gasteiger partial charge in [0.05, 0.1) is 18.6 Å². The van der Waals surface area contributed by atoms with Gasteiger partial charge in [0.1, 0.15) is 11.1 Å². The van der Waals surface area contributed by atoms with Crippen molar-refractivity contribution in [1.29, 1.82) is 0 Å². The molecule has 2 heterocycles. The molecule has 28 heavy (non-hydrogen) atoms. The lowest BCUT2D eigenvalue weighted by molar-refractivity contribution is -0.156. The molecule has 3 amide bonds. The number of carbonyl (C=O) groups excluding carboxylic acids is 3. The first kappa shape index (κ1) is 19.7. The number of carbonyl (C=O) groups is 4. The molecule has 0 radical (unpaired) electrons. The third-order valence-electron chi connectivity index (χ3n) is 4.22. The quantitative estimate of drug-likeness (QED) is 0.438. The van der Waals surface area contributed by atoms with Crippen molar-refractivity contribution in [1.82, 2.24) is 10.2 Å². The Labute approximate surface area is 163 Å². The average Bonchev–Trinajstić information content (AvgIpc) is 2.94. The number of amides is 3. The van der Waals surface area contributed by atoms with Crippen molar-refractivity contribution in [3.63, 3.8) is 0 Å². The minimum atomic E-state index is -1.31. The average molecular weight is 407 g/mol. The van der Waals surface area contributed by atoms with Crippen LogP contribution < -0.4 is 15.8 Å². The minimum Gasteiger partial charge on any atom is -0.476 e. The number of nitrogens with one attached hydrogen (secondary N) is 1.